The van der Waals surface area contributed by atoms with Crippen molar-refractivity contribution >= 4 is 5.91 Å². The Balaban J connectivity index is 2.19. The standard InChI is InChI=1S/C16H28N4O/c1-18-11-7-2-3-8-12-19-16(21)15(20-17)13-14-9-5-4-6-10-14/h4-6,9-10,15,18,20H,2-3,7-8,11-13,17H2,1H3,(H,19,21). The van der Waals surface area contributed by atoms with Crippen LogP contribution in [0.15, 0.2) is 30.3 Å². The smallest absolute Gasteiger partial charge is 0.238 e. The number of unbranched alkanes of at least 4 members (excludes halogenated alkanes) is 3. The molecule has 0 fully saturated rings. The van der Waals surface area contributed by atoms with Gasteiger partial charge in [0.05, 0.1) is 0 Å². The summed E-state index contributed by atoms with van der Waals surface area (Å²) in [5.74, 6) is 5.46. The molecule has 1 rings (SSSR count). The zero-order chi connectivity index (χ0) is 15.3. The second kappa shape index (κ2) is 11.3. The number of hydrogen-bond acceptors (Lipinski definition) is 4. The highest BCUT2D eigenvalue weighted by molar-refractivity contribution is 5.81. The second-order valence-corrected chi connectivity index (χ2v) is 5.22. The van der Waals surface area contributed by atoms with E-state index >= 15 is 0 Å². The van der Waals surface area contributed by atoms with E-state index < -0.39 is 0 Å². The van der Waals surface area contributed by atoms with Crippen LogP contribution in [0.3, 0.4) is 0 Å². The first-order chi connectivity index (χ1) is 10.3. The molecule has 0 heterocycles. The Morgan fingerprint density at radius 1 is 1.10 bits per heavy atom. The molecule has 0 saturated carbocycles. The summed E-state index contributed by atoms with van der Waals surface area (Å²) in [6, 6.07) is 9.51. The molecule has 21 heavy (non-hydrogen) atoms. The minimum atomic E-state index is -0.378. The zero-order valence-electron chi connectivity index (χ0n) is 12.9. The number of nitrogens with one attached hydrogen (secondary N) is 3. The third kappa shape index (κ3) is 7.80. The van der Waals surface area contributed by atoms with Crippen LogP contribution in [-0.2, 0) is 11.2 Å². The highest BCUT2D eigenvalue weighted by Gasteiger charge is 2.16. The van der Waals surface area contributed by atoms with Gasteiger partial charge < -0.3 is 10.6 Å². The van der Waals surface area contributed by atoms with Crippen LogP contribution in [0.2, 0.25) is 0 Å². The molecule has 1 unspecified atom stereocenters. The largest absolute Gasteiger partial charge is 0.355 e. The maximum atomic E-state index is 12.1. The zero-order valence-corrected chi connectivity index (χ0v) is 12.9. The first kappa shape index (κ1) is 17.6. The lowest BCUT2D eigenvalue weighted by Gasteiger charge is -2.15. The van der Waals surface area contributed by atoms with E-state index in [0.29, 0.717) is 13.0 Å². The number of rotatable bonds is 11. The van der Waals surface area contributed by atoms with Gasteiger partial charge >= 0.3 is 0 Å². The van der Waals surface area contributed by atoms with Crippen molar-refractivity contribution in [2.24, 2.45) is 5.84 Å². The van der Waals surface area contributed by atoms with E-state index in [1.54, 1.807) is 0 Å². The summed E-state index contributed by atoms with van der Waals surface area (Å²) in [6.07, 6.45) is 5.13. The molecule has 1 amide bonds. The summed E-state index contributed by atoms with van der Waals surface area (Å²) in [5, 5.41) is 6.08. The molecule has 1 atom stereocenters. The Morgan fingerprint density at radius 3 is 2.38 bits per heavy atom. The molecular formula is C16H28N4O. The van der Waals surface area contributed by atoms with Crippen LogP contribution < -0.4 is 21.9 Å². The normalized spacial score (nSPS) is 12.1. The number of nitrogens with two attached hydrogens (primary N) is 1. The van der Waals surface area contributed by atoms with Gasteiger partial charge in [-0.3, -0.25) is 10.6 Å². The Hall–Kier alpha value is -1.43. The van der Waals surface area contributed by atoms with E-state index in [1.165, 1.54) is 12.8 Å². The Kier molecular flexibility index (Phi) is 9.44. The molecule has 0 aromatic heterocycles. The maximum Gasteiger partial charge on any atom is 0.238 e. The summed E-state index contributed by atoms with van der Waals surface area (Å²) in [7, 11) is 1.97. The van der Waals surface area contributed by atoms with Crippen LogP contribution in [0.1, 0.15) is 31.2 Å². The molecule has 1 aromatic rings. The quantitative estimate of drug-likeness (QED) is 0.278. The molecule has 5 nitrogen and oxygen atoms in total. The van der Waals surface area contributed by atoms with Crippen LogP contribution in [0.25, 0.3) is 0 Å². The summed E-state index contributed by atoms with van der Waals surface area (Å²) in [4.78, 5) is 12.1. The molecule has 0 saturated heterocycles. The fraction of sp³-hybridized carbons (Fsp3) is 0.562. The number of benzene rings is 1. The lowest BCUT2D eigenvalue weighted by atomic mass is 10.1. The number of carbonyl (C=O) groups excluding carboxylic acids is 1. The maximum absolute atomic E-state index is 12.1. The minimum Gasteiger partial charge on any atom is -0.355 e. The van der Waals surface area contributed by atoms with E-state index in [-0.39, 0.29) is 11.9 Å². The topological polar surface area (TPSA) is 79.2 Å². The van der Waals surface area contributed by atoms with E-state index in [0.717, 1.165) is 24.9 Å². The van der Waals surface area contributed by atoms with Gasteiger partial charge in [0.2, 0.25) is 5.91 Å². The lowest BCUT2D eigenvalue weighted by Crippen LogP contribution is -2.48. The summed E-state index contributed by atoms with van der Waals surface area (Å²) < 4.78 is 0. The Bertz CT molecular complexity index is 383. The van der Waals surface area contributed by atoms with Gasteiger partial charge in [-0.15, -0.1) is 0 Å². The summed E-state index contributed by atoms with van der Waals surface area (Å²) >= 11 is 0. The van der Waals surface area contributed by atoms with Crippen molar-refractivity contribution in [2.45, 2.75) is 38.1 Å². The van der Waals surface area contributed by atoms with E-state index in [9.17, 15) is 4.79 Å². The molecular weight excluding hydrogens is 264 g/mol. The van der Waals surface area contributed by atoms with E-state index in [1.807, 2.05) is 37.4 Å². The first-order valence-electron chi connectivity index (χ1n) is 7.70. The van der Waals surface area contributed by atoms with Gasteiger partial charge in [-0.25, -0.2) is 5.43 Å². The van der Waals surface area contributed by atoms with Gasteiger partial charge in [-0.05, 0) is 38.4 Å². The molecule has 0 aliphatic heterocycles. The van der Waals surface area contributed by atoms with Crippen molar-refractivity contribution < 1.29 is 4.79 Å². The first-order valence-corrected chi connectivity index (χ1v) is 7.70. The SMILES string of the molecule is CNCCCCCCNC(=O)C(Cc1ccccc1)NN. The third-order valence-corrected chi connectivity index (χ3v) is 3.45. The van der Waals surface area contributed by atoms with Gasteiger partial charge in [0.1, 0.15) is 6.04 Å². The van der Waals surface area contributed by atoms with E-state index in [2.05, 4.69) is 16.1 Å². The van der Waals surface area contributed by atoms with Crippen molar-refractivity contribution in [3.05, 3.63) is 35.9 Å². The fourth-order valence-electron chi connectivity index (χ4n) is 2.19. The Morgan fingerprint density at radius 2 is 1.76 bits per heavy atom. The monoisotopic (exact) mass is 292 g/mol. The lowest BCUT2D eigenvalue weighted by molar-refractivity contribution is -0.123. The van der Waals surface area contributed by atoms with Crippen molar-refractivity contribution in [1.82, 2.24) is 16.1 Å². The highest BCUT2D eigenvalue weighted by Crippen LogP contribution is 2.03. The van der Waals surface area contributed by atoms with Gasteiger partial charge in [0.15, 0.2) is 0 Å². The summed E-state index contributed by atoms with van der Waals surface area (Å²) in [6.45, 7) is 1.77. The van der Waals surface area contributed by atoms with Crippen LogP contribution in [-0.4, -0.2) is 32.1 Å². The fourth-order valence-corrected chi connectivity index (χ4v) is 2.19. The van der Waals surface area contributed by atoms with Crippen molar-refractivity contribution in [2.75, 3.05) is 20.1 Å². The second-order valence-electron chi connectivity index (χ2n) is 5.22. The van der Waals surface area contributed by atoms with Crippen LogP contribution in [0, 0.1) is 0 Å². The van der Waals surface area contributed by atoms with Gasteiger partial charge in [-0.2, -0.15) is 0 Å². The molecule has 0 aliphatic rings. The van der Waals surface area contributed by atoms with Crippen molar-refractivity contribution in [1.29, 1.82) is 0 Å². The van der Waals surface area contributed by atoms with E-state index in [4.69, 9.17) is 5.84 Å². The van der Waals surface area contributed by atoms with Crippen molar-refractivity contribution in [3.8, 4) is 0 Å². The number of hydrazine groups is 1. The highest BCUT2D eigenvalue weighted by atomic mass is 16.2. The van der Waals surface area contributed by atoms with Crippen molar-refractivity contribution in [3.63, 3.8) is 0 Å². The number of hydrogen-bond donors (Lipinski definition) is 4. The average molecular weight is 292 g/mol. The molecule has 0 bridgehead atoms. The van der Waals surface area contributed by atoms with Gasteiger partial charge in [-0.1, -0.05) is 43.2 Å². The predicted molar refractivity (Wildman–Crippen MR) is 86.7 cm³/mol. The molecule has 5 N–H and O–H groups in total. The number of carbonyl (C=O) groups is 1. The molecule has 118 valence electrons. The average Bonchev–Trinajstić information content (AvgIpc) is 2.52. The van der Waals surface area contributed by atoms with Crippen LogP contribution in [0.5, 0.6) is 0 Å². The Labute approximate surface area is 127 Å². The predicted octanol–water partition coefficient (Wildman–Crippen LogP) is 0.957. The third-order valence-electron chi connectivity index (χ3n) is 3.45. The van der Waals surface area contributed by atoms with Crippen LogP contribution >= 0.6 is 0 Å². The molecule has 0 aliphatic carbocycles. The van der Waals surface area contributed by atoms with Gasteiger partial charge in [0, 0.05) is 6.54 Å². The van der Waals surface area contributed by atoms with Crippen LogP contribution in [0.4, 0.5) is 0 Å². The minimum absolute atomic E-state index is 0.0309. The van der Waals surface area contributed by atoms with Gasteiger partial charge in [0.25, 0.3) is 0 Å². The molecule has 5 heteroatoms. The molecule has 0 radical (unpaired) electrons. The molecule has 0 spiro atoms. The number of amides is 1. The summed E-state index contributed by atoms with van der Waals surface area (Å²) in [5.41, 5.74) is 3.70. The molecule has 1 aromatic carbocycles.